The van der Waals surface area contributed by atoms with E-state index in [2.05, 4.69) is 13.8 Å². The van der Waals surface area contributed by atoms with Gasteiger partial charge in [-0.15, -0.1) is 0 Å². The molecule has 2 unspecified atom stereocenters. The number of ketones is 1. The molecule has 2 atom stereocenters. The molecule has 4 nitrogen and oxygen atoms in total. The van der Waals surface area contributed by atoms with Crippen molar-refractivity contribution in [2.45, 2.75) is 68.6 Å². The van der Waals surface area contributed by atoms with E-state index in [1.54, 1.807) is 0 Å². The second-order valence-corrected chi connectivity index (χ2v) is 15.9. The summed E-state index contributed by atoms with van der Waals surface area (Å²) in [5.41, 5.74) is 2.00. The number of fused-ring (bicyclic) bond motifs is 2. The predicted molar refractivity (Wildman–Crippen MR) is 149 cm³/mol. The summed E-state index contributed by atoms with van der Waals surface area (Å²) in [7, 11) is -6.79. The van der Waals surface area contributed by atoms with Crippen molar-refractivity contribution in [1.82, 2.24) is 0 Å². The molecule has 0 N–H and O–H groups in total. The largest absolute Gasteiger partial charge is 0.299 e. The number of benzene rings is 3. The number of rotatable bonds is 7. The fourth-order valence-electron chi connectivity index (χ4n) is 6.31. The normalized spacial score (nSPS) is 23.4. The van der Waals surface area contributed by atoms with Crippen LogP contribution in [0.25, 0.3) is 0 Å². The summed E-state index contributed by atoms with van der Waals surface area (Å²) in [6, 6.07) is 23.9. The van der Waals surface area contributed by atoms with Crippen LogP contribution >= 0.6 is 10.3 Å². The monoisotopic (exact) mass is 536 g/mol. The third-order valence-corrected chi connectivity index (χ3v) is 14.1. The lowest BCUT2D eigenvalue weighted by Gasteiger charge is -2.41. The maximum absolute atomic E-state index is 14.2. The van der Waals surface area contributed by atoms with Crippen LogP contribution in [0.3, 0.4) is 0 Å². The zero-order chi connectivity index (χ0) is 26.6. The number of hydrogen-bond donors (Lipinski definition) is 0. The van der Waals surface area contributed by atoms with Crippen LogP contribution in [0, 0.1) is 37.5 Å². The Hall–Kier alpha value is -2.41. The summed E-state index contributed by atoms with van der Waals surface area (Å²) in [6.07, 6.45) is 1.96. The highest BCUT2D eigenvalue weighted by molar-refractivity contribution is 8.33. The van der Waals surface area contributed by atoms with E-state index in [1.807, 2.05) is 93.6 Å². The minimum Gasteiger partial charge on any atom is -0.299 e. The van der Waals surface area contributed by atoms with E-state index < -0.39 is 25.8 Å². The van der Waals surface area contributed by atoms with E-state index in [1.165, 1.54) is 0 Å². The van der Waals surface area contributed by atoms with Crippen LogP contribution in [0.1, 0.15) is 49.8 Å². The number of carbonyl (C=O) groups is 1. The Balaban J connectivity index is 1.70. The Morgan fingerprint density at radius 1 is 0.757 bits per heavy atom. The average Bonchev–Trinajstić information content (AvgIpc) is 3.18. The summed E-state index contributed by atoms with van der Waals surface area (Å²) in [5.74, 6) is 0.0295. The van der Waals surface area contributed by atoms with Gasteiger partial charge in [-0.3, -0.25) is 4.79 Å². The molecule has 0 spiro atoms. The van der Waals surface area contributed by atoms with E-state index in [0.29, 0.717) is 12.8 Å². The van der Waals surface area contributed by atoms with Gasteiger partial charge >= 0.3 is 0 Å². The summed E-state index contributed by atoms with van der Waals surface area (Å²) < 4.78 is 34.9. The van der Waals surface area contributed by atoms with Gasteiger partial charge < -0.3 is 0 Å². The van der Waals surface area contributed by atoms with Crippen molar-refractivity contribution in [1.29, 1.82) is 0 Å². The van der Waals surface area contributed by atoms with Crippen LogP contribution in [0.2, 0.25) is 0 Å². The molecule has 2 aliphatic rings. The van der Waals surface area contributed by atoms with Gasteiger partial charge in [0.05, 0.1) is 11.2 Å². The lowest BCUT2D eigenvalue weighted by molar-refractivity contribution is -0.128. The van der Waals surface area contributed by atoms with E-state index in [4.69, 9.17) is 3.63 Å². The predicted octanol–water partition coefficient (Wildman–Crippen LogP) is 7.55. The summed E-state index contributed by atoms with van der Waals surface area (Å²) in [4.78, 5) is 15.7. The van der Waals surface area contributed by atoms with Crippen LogP contribution in [0.15, 0.2) is 87.5 Å². The summed E-state index contributed by atoms with van der Waals surface area (Å²) in [5, 5.41) is 0. The third kappa shape index (κ3) is 4.27. The Kier molecular flexibility index (Phi) is 6.45. The van der Waals surface area contributed by atoms with Gasteiger partial charge in [-0.05, 0) is 91.7 Å². The van der Waals surface area contributed by atoms with Crippen LogP contribution in [0.5, 0.6) is 0 Å². The third-order valence-electron chi connectivity index (χ3n) is 8.83. The van der Waals surface area contributed by atoms with Gasteiger partial charge in [-0.1, -0.05) is 66.9 Å². The molecule has 196 valence electrons. The lowest BCUT2D eigenvalue weighted by atomic mass is 9.70. The van der Waals surface area contributed by atoms with Crippen molar-refractivity contribution in [3.63, 3.8) is 0 Å². The number of Topliss-reactive ketones (excluding diaryl/α,β-unsaturated/α-hetero) is 1. The second-order valence-electron chi connectivity index (χ2n) is 11.4. The summed E-state index contributed by atoms with van der Waals surface area (Å²) in [6.45, 7) is 10.2. The SMILES string of the molecule is Cc1ccc(S(OS(=O)(=O)CC23CCC(CC2=O)C3(C)C)(c2ccc(C)cc2)c2ccc(C)cc2)cc1. The first kappa shape index (κ1) is 26.2. The van der Waals surface area contributed by atoms with E-state index in [9.17, 15) is 13.2 Å². The van der Waals surface area contributed by atoms with Gasteiger partial charge in [0.1, 0.15) is 5.78 Å². The first-order chi connectivity index (χ1) is 17.4. The Bertz CT molecular complexity index is 1310. The highest BCUT2D eigenvalue weighted by atomic mass is 32.3. The molecule has 5 rings (SSSR count). The molecule has 2 fully saturated rings. The van der Waals surface area contributed by atoms with Gasteiger partial charge in [0.2, 0.25) is 0 Å². The first-order valence-electron chi connectivity index (χ1n) is 12.9. The van der Waals surface area contributed by atoms with E-state index in [0.717, 1.165) is 37.8 Å². The van der Waals surface area contributed by atoms with E-state index in [-0.39, 0.29) is 22.9 Å². The van der Waals surface area contributed by atoms with Gasteiger partial charge in [0.15, 0.2) is 0 Å². The molecule has 0 aromatic heterocycles. The van der Waals surface area contributed by atoms with Crippen LogP contribution < -0.4 is 0 Å². The lowest BCUT2D eigenvalue weighted by Crippen LogP contribution is -2.42. The van der Waals surface area contributed by atoms with Crippen LogP contribution in [-0.2, 0) is 18.5 Å². The molecule has 37 heavy (non-hydrogen) atoms. The molecular weight excluding hydrogens is 500 g/mol. The quantitative estimate of drug-likeness (QED) is 0.313. The minimum absolute atomic E-state index is 0.0718. The Labute approximate surface area is 223 Å². The molecule has 6 heteroatoms. The smallest absolute Gasteiger partial charge is 0.278 e. The zero-order valence-corrected chi connectivity index (χ0v) is 23.9. The van der Waals surface area contributed by atoms with Gasteiger partial charge in [0.25, 0.3) is 10.1 Å². The standard InChI is InChI=1S/C31H36O4S2/c1-22-6-12-26(13-7-22)37(27-14-8-23(2)9-15-27,28-16-10-24(3)11-17-28)35-36(33,34)21-31-19-18-25(20-29(31)32)30(31,4)5/h6-17,25H,18-21H2,1-5H3. The van der Waals surface area contributed by atoms with Crippen molar-refractivity contribution < 1.29 is 16.8 Å². The van der Waals surface area contributed by atoms with Crippen molar-refractivity contribution in [2.75, 3.05) is 5.75 Å². The maximum Gasteiger partial charge on any atom is 0.278 e. The maximum atomic E-state index is 14.2. The molecule has 2 bridgehead atoms. The molecule has 3 aromatic rings. The molecule has 0 heterocycles. The van der Waals surface area contributed by atoms with E-state index >= 15 is 0 Å². The fourth-order valence-corrected chi connectivity index (χ4v) is 12.3. The average molecular weight is 537 g/mol. The molecule has 0 radical (unpaired) electrons. The Morgan fingerprint density at radius 2 is 1.16 bits per heavy atom. The van der Waals surface area contributed by atoms with Crippen LogP contribution in [-0.4, -0.2) is 20.0 Å². The minimum atomic E-state index is -4.13. The van der Waals surface area contributed by atoms with Crippen molar-refractivity contribution in [3.05, 3.63) is 89.5 Å². The number of carbonyl (C=O) groups excluding carboxylic acids is 1. The second kappa shape index (κ2) is 9.11. The van der Waals surface area contributed by atoms with Crippen LogP contribution in [0.4, 0.5) is 0 Å². The molecule has 0 amide bonds. The molecule has 0 saturated heterocycles. The molecule has 3 aromatic carbocycles. The molecule has 2 saturated carbocycles. The Morgan fingerprint density at radius 3 is 1.49 bits per heavy atom. The highest BCUT2D eigenvalue weighted by Gasteiger charge is 2.65. The van der Waals surface area contributed by atoms with Crippen molar-refractivity contribution in [2.24, 2.45) is 16.7 Å². The van der Waals surface area contributed by atoms with Gasteiger partial charge in [0, 0.05) is 21.1 Å². The topological polar surface area (TPSA) is 60.4 Å². The highest BCUT2D eigenvalue weighted by Crippen LogP contribution is 2.71. The molecular formula is C31H36O4S2. The number of hydrogen-bond acceptors (Lipinski definition) is 4. The number of aryl methyl sites for hydroxylation is 3. The van der Waals surface area contributed by atoms with Gasteiger partial charge in [-0.25, -0.2) is 3.63 Å². The summed E-state index contributed by atoms with van der Waals surface area (Å²) >= 11 is 0. The van der Waals surface area contributed by atoms with Gasteiger partial charge in [-0.2, -0.15) is 8.42 Å². The van der Waals surface area contributed by atoms with Crippen molar-refractivity contribution in [3.8, 4) is 0 Å². The molecule has 0 aliphatic heterocycles. The molecule has 2 aliphatic carbocycles. The van der Waals surface area contributed by atoms with Crippen molar-refractivity contribution >= 4 is 26.2 Å². The zero-order valence-electron chi connectivity index (χ0n) is 22.3. The fraction of sp³-hybridized carbons (Fsp3) is 0.387. The first-order valence-corrected chi connectivity index (χ1v) is 16.0.